The smallest absolute Gasteiger partial charge is 0.258 e. The standard InChI is InChI=1S/C13H7ClN2O2/c14-10-7-12-9(6-13(10)16(17)18)5-8-3-1-2-4-11(8)15-12/h1-7H. The highest BCUT2D eigenvalue weighted by molar-refractivity contribution is 6.33. The molecule has 18 heavy (non-hydrogen) atoms. The summed E-state index contributed by atoms with van der Waals surface area (Å²) in [6.07, 6.45) is 0. The van der Waals surface area contributed by atoms with Gasteiger partial charge in [0.05, 0.1) is 16.0 Å². The highest BCUT2D eigenvalue weighted by Crippen LogP contribution is 2.30. The van der Waals surface area contributed by atoms with Crippen LogP contribution in [0, 0.1) is 10.1 Å². The van der Waals surface area contributed by atoms with Crippen LogP contribution >= 0.6 is 11.6 Å². The molecule has 5 heteroatoms. The Balaban J connectivity index is 2.40. The average molecular weight is 259 g/mol. The van der Waals surface area contributed by atoms with E-state index in [1.54, 1.807) is 0 Å². The molecule has 0 fully saturated rings. The van der Waals surface area contributed by atoms with E-state index in [9.17, 15) is 10.1 Å². The fourth-order valence-corrected chi connectivity index (χ4v) is 2.16. The number of pyridine rings is 1. The monoisotopic (exact) mass is 258 g/mol. The van der Waals surface area contributed by atoms with Crippen LogP contribution < -0.4 is 0 Å². The molecule has 0 amide bonds. The van der Waals surface area contributed by atoms with E-state index in [0.29, 0.717) is 10.9 Å². The molecule has 3 aromatic rings. The minimum atomic E-state index is -0.489. The van der Waals surface area contributed by atoms with Crippen LogP contribution in [0.1, 0.15) is 0 Å². The number of rotatable bonds is 1. The predicted molar refractivity (Wildman–Crippen MR) is 70.9 cm³/mol. The molecule has 0 saturated carbocycles. The molecule has 0 aliphatic heterocycles. The van der Waals surface area contributed by atoms with Crippen molar-refractivity contribution in [3.63, 3.8) is 0 Å². The quantitative estimate of drug-likeness (QED) is 0.377. The summed E-state index contributed by atoms with van der Waals surface area (Å²) in [5.74, 6) is 0. The van der Waals surface area contributed by atoms with Gasteiger partial charge < -0.3 is 0 Å². The number of nitrogens with zero attached hydrogens (tertiary/aromatic N) is 2. The maximum absolute atomic E-state index is 10.8. The lowest BCUT2D eigenvalue weighted by Crippen LogP contribution is -1.90. The molecule has 0 aliphatic rings. The van der Waals surface area contributed by atoms with Crippen molar-refractivity contribution < 1.29 is 4.92 Å². The molecule has 0 bridgehead atoms. The Labute approximate surface area is 107 Å². The van der Waals surface area contributed by atoms with Crippen molar-refractivity contribution in [2.45, 2.75) is 0 Å². The molecule has 1 aromatic heterocycles. The summed E-state index contributed by atoms with van der Waals surface area (Å²) < 4.78 is 0. The first kappa shape index (κ1) is 10.9. The molecule has 0 atom stereocenters. The lowest BCUT2D eigenvalue weighted by atomic mass is 10.1. The molecule has 4 nitrogen and oxygen atoms in total. The first-order valence-electron chi connectivity index (χ1n) is 5.28. The largest absolute Gasteiger partial charge is 0.288 e. The van der Waals surface area contributed by atoms with Crippen LogP contribution in [-0.2, 0) is 0 Å². The van der Waals surface area contributed by atoms with Crippen molar-refractivity contribution in [2.24, 2.45) is 0 Å². The molecule has 0 N–H and O–H groups in total. The number of para-hydroxylation sites is 1. The Morgan fingerprint density at radius 2 is 1.83 bits per heavy atom. The molecule has 1 heterocycles. The van der Waals surface area contributed by atoms with Gasteiger partial charge >= 0.3 is 0 Å². The minimum Gasteiger partial charge on any atom is -0.258 e. The van der Waals surface area contributed by atoms with Crippen molar-refractivity contribution in [1.29, 1.82) is 0 Å². The Hall–Kier alpha value is -2.20. The van der Waals surface area contributed by atoms with Crippen molar-refractivity contribution in [1.82, 2.24) is 4.98 Å². The zero-order chi connectivity index (χ0) is 12.7. The third kappa shape index (κ3) is 1.67. The Morgan fingerprint density at radius 1 is 1.06 bits per heavy atom. The van der Waals surface area contributed by atoms with Crippen molar-refractivity contribution in [3.8, 4) is 0 Å². The van der Waals surface area contributed by atoms with Gasteiger partial charge in [-0.3, -0.25) is 10.1 Å². The maximum atomic E-state index is 10.8. The normalized spacial score (nSPS) is 10.9. The second-order valence-electron chi connectivity index (χ2n) is 3.93. The number of halogens is 1. The molecule has 0 saturated heterocycles. The van der Waals surface area contributed by atoms with Gasteiger partial charge in [0.25, 0.3) is 5.69 Å². The van der Waals surface area contributed by atoms with Crippen molar-refractivity contribution >= 4 is 39.1 Å². The van der Waals surface area contributed by atoms with Crippen LogP contribution in [0.15, 0.2) is 42.5 Å². The van der Waals surface area contributed by atoms with Gasteiger partial charge in [-0.15, -0.1) is 0 Å². The second kappa shape index (κ2) is 3.92. The number of nitro groups is 1. The van der Waals surface area contributed by atoms with Crippen LogP contribution in [-0.4, -0.2) is 9.91 Å². The van der Waals surface area contributed by atoms with Crippen LogP contribution in [0.2, 0.25) is 5.02 Å². The highest BCUT2D eigenvalue weighted by atomic mass is 35.5. The Morgan fingerprint density at radius 3 is 2.61 bits per heavy atom. The fourth-order valence-electron chi connectivity index (χ4n) is 1.93. The number of hydrogen-bond acceptors (Lipinski definition) is 3. The van der Waals surface area contributed by atoms with Crippen LogP contribution in [0.5, 0.6) is 0 Å². The summed E-state index contributed by atoms with van der Waals surface area (Å²) in [5.41, 5.74) is 1.40. The summed E-state index contributed by atoms with van der Waals surface area (Å²) >= 11 is 5.87. The lowest BCUT2D eigenvalue weighted by molar-refractivity contribution is -0.384. The second-order valence-corrected chi connectivity index (χ2v) is 4.34. The van der Waals surface area contributed by atoms with Gasteiger partial charge in [-0.25, -0.2) is 4.98 Å². The number of aromatic nitrogens is 1. The first-order chi connectivity index (χ1) is 8.65. The van der Waals surface area contributed by atoms with Crippen molar-refractivity contribution in [2.75, 3.05) is 0 Å². The third-order valence-electron chi connectivity index (χ3n) is 2.78. The van der Waals surface area contributed by atoms with E-state index in [0.717, 1.165) is 10.9 Å². The molecular weight excluding hydrogens is 252 g/mol. The Kier molecular flexibility index (Phi) is 2.38. The summed E-state index contributed by atoms with van der Waals surface area (Å²) in [7, 11) is 0. The molecular formula is C13H7ClN2O2. The third-order valence-corrected chi connectivity index (χ3v) is 3.08. The molecule has 2 aromatic carbocycles. The van der Waals surface area contributed by atoms with E-state index in [1.807, 2.05) is 30.3 Å². The topological polar surface area (TPSA) is 56.0 Å². The van der Waals surface area contributed by atoms with E-state index >= 15 is 0 Å². The number of hydrogen-bond donors (Lipinski definition) is 0. The fraction of sp³-hybridized carbons (Fsp3) is 0. The van der Waals surface area contributed by atoms with E-state index < -0.39 is 4.92 Å². The molecule has 0 radical (unpaired) electrons. The van der Waals surface area contributed by atoms with E-state index in [-0.39, 0.29) is 10.7 Å². The van der Waals surface area contributed by atoms with E-state index in [4.69, 9.17) is 11.6 Å². The Bertz CT molecular complexity index is 786. The van der Waals surface area contributed by atoms with Gasteiger partial charge in [-0.2, -0.15) is 0 Å². The summed E-state index contributed by atoms with van der Waals surface area (Å²) in [4.78, 5) is 14.8. The molecule has 3 rings (SSSR count). The molecule has 0 spiro atoms. The lowest BCUT2D eigenvalue weighted by Gasteiger charge is -2.02. The molecule has 0 aliphatic carbocycles. The molecule has 88 valence electrons. The summed E-state index contributed by atoms with van der Waals surface area (Å²) in [6, 6.07) is 12.5. The highest BCUT2D eigenvalue weighted by Gasteiger charge is 2.14. The van der Waals surface area contributed by atoms with Crippen molar-refractivity contribution in [3.05, 3.63) is 57.6 Å². The maximum Gasteiger partial charge on any atom is 0.288 e. The van der Waals surface area contributed by atoms with Gasteiger partial charge in [0.1, 0.15) is 5.02 Å². The SMILES string of the molecule is O=[N+]([O-])c1cc2cc3ccccc3nc2cc1Cl. The van der Waals surface area contributed by atoms with E-state index in [2.05, 4.69) is 4.98 Å². The predicted octanol–water partition coefficient (Wildman–Crippen LogP) is 3.95. The van der Waals surface area contributed by atoms with Crippen LogP contribution in [0.25, 0.3) is 21.8 Å². The zero-order valence-corrected chi connectivity index (χ0v) is 9.89. The van der Waals surface area contributed by atoms with Crippen LogP contribution in [0.3, 0.4) is 0 Å². The summed E-state index contributed by atoms with van der Waals surface area (Å²) in [5, 5.41) is 12.6. The van der Waals surface area contributed by atoms with Gasteiger partial charge in [0.15, 0.2) is 0 Å². The number of benzene rings is 2. The average Bonchev–Trinajstić information content (AvgIpc) is 2.35. The van der Waals surface area contributed by atoms with Gasteiger partial charge in [-0.1, -0.05) is 29.8 Å². The minimum absolute atomic E-state index is 0.0961. The number of nitro benzene ring substituents is 1. The number of fused-ring (bicyclic) bond motifs is 2. The van der Waals surface area contributed by atoms with E-state index in [1.165, 1.54) is 12.1 Å². The molecule has 0 unspecified atom stereocenters. The first-order valence-corrected chi connectivity index (χ1v) is 5.66. The van der Waals surface area contributed by atoms with Gasteiger partial charge in [0.2, 0.25) is 0 Å². The van der Waals surface area contributed by atoms with Crippen LogP contribution in [0.4, 0.5) is 5.69 Å². The van der Waals surface area contributed by atoms with Gasteiger partial charge in [0, 0.05) is 16.8 Å². The summed E-state index contributed by atoms with van der Waals surface area (Å²) in [6.45, 7) is 0. The van der Waals surface area contributed by atoms with Gasteiger partial charge in [-0.05, 0) is 18.2 Å². The zero-order valence-electron chi connectivity index (χ0n) is 9.13.